The zero-order valence-electron chi connectivity index (χ0n) is 15.9. The maximum absolute atomic E-state index is 6.10. The predicted molar refractivity (Wildman–Crippen MR) is 114 cm³/mol. The van der Waals surface area contributed by atoms with Crippen LogP contribution in [0.25, 0.3) is 0 Å². The van der Waals surface area contributed by atoms with E-state index in [4.69, 9.17) is 32.7 Å². The molecule has 0 aliphatic carbocycles. The van der Waals surface area contributed by atoms with E-state index < -0.39 is 0 Å². The molecule has 0 saturated heterocycles. The second-order valence-electron chi connectivity index (χ2n) is 6.06. The normalized spacial score (nSPS) is 12.0. The second kappa shape index (κ2) is 9.54. The van der Waals surface area contributed by atoms with Gasteiger partial charge >= 0.3 is 0 Å². The summed E-state index contributed by atoms with van der Waals surface area (Å²) in [6.45, 7) is 4.78. The Labute approximate surface area is 179 Å². The van der Waals surface area contributed by atoms with Gasteiger partial charge in [0.15, 0.2) is 17.1 Å². The van der Waals surface area contributed by atoms with Gasteiger partial charge in [-0.2, -0.15) is 0 Å². The minimum Gasteiger partial charge on any atom is -0.497 e. The number of ether oxygens (including phenoxy) is 2. The molecule has 1 atom stereocenters. The van der Waals surface area contributed by atoms with E-state index in [1.165, 1.54) is 0 Å². The smallest absolute Gasteiger partial charge is 0.191 e. The molecule has 28 heavy (non-hydrogen) atoms. The quantitative estimate of drug-likeness (QED) is 0.401. The van der Waals surface area contributed by atoms with Gasteiger partial charge in [0.1, 0.15) is 11.5 Å². The Morgan fingerprint density at radius 1 is 1.04 bits per heavy atom. The predicted octanol–water partition coefficient (Wildman–Crippen LogP) is 6.05. The molecule has 0 aliphatic rings. The molecule has 0 amide bonds. The van der Waals surface area contributed by atoms with E-state index in [0.29, 0.717) is 10.0 Å². The van der Waals surface area contributed by atoms with Crippen molar-refractivity contribution in [2.24, 2.45) is 0 Å². The lowest BCUT2D eigenvalue weighted by Gasteiger charge is -2.16. The highest BCUT2D eigenvalue weighted by Crippen LogP contribution is 2.29. The average Bonchev–Trinajstić information content (AvgIpc) is 3.12. The molecule has 1 unspecified atom stereocenters. The second-order valence-corrected chi connectivity index (χ2v) is 7.81. The Morgan fingerprint density at radius 3 is 2.39 bits per heavy atom. The highest BCUT2D eigenvalue weighted by molar-refractivity contribution is 7.98. The third kappa shape index (κ3) is 4.93. The summed E-state index contributed by atoms with van der Waals surface area (Å²) in [4.78, 5) is 0. The van der Waals surface area contributed by atoms with Gasteiger partial charge in [0.2, 0.25) is 0 Å². The molecule has 0 fully saturated rings. The molecule has 0 saturated carbocycles. The van der Waals surface area contributed by atoms with Gasteiger partial charge in [0.25, 0.3) is 0 Å². The van der Waals surface area contributed by atoms with Crippen LogP contribution in [0.2, 0.25) is 10.0 Å². The average molecular weight is 438 g/mol. The molecule has 0 aliphatic heterocycles. The van der Waals surface area contributed by atoms with Crippen molar-refractivity contribution >= 4 is 35.0 Å². The van der Waals surface area contributed by atoms with Gasteiger partial charge in [-0.25, -0.2) is 0 Å². The minimum absolute atomic E-state index is 0.236. The van der Waals surface area contributed by atoms with Crippen LogP contribution in [0.5, 0.6) is 11.5 Å². The summed E-state index contributed by atoms with van der Waals surface area (Å²) in [6.07, 6.45) is -0.236. The number of hydrogen-bond donors (Lipinski definition) is 0. The van der Waals surface area contributed by atoms with Gasteiger partial charge in [-0.1, -0.05) is 41.0 Å². The van der Waals surface area contributed by atoms with Crippen LogP contribution in [0.15, 0.2) is 47.6 Å². The third-order valence-corrected chi connectivity index (χ3v) is 5.93. The number of benzene rings is 2. The van der Waals surface area contributed by atoms with Gasteiger partial charge in [-0.15, -0.1) is 10.2 Å². The lowest BCUT2D eigenvalue weighted by atomic mass is 10.2. The lowest BCUT2D eigenvalue weighted by molar-refractivity contribution is 0.209. The molecule has 1 aromatic heterocycles. The molecule has 5 nitrogen and oxygen atoms in total. The molecule has 1 heterocycles. The van der Waals surface area contributed by atoms with Gasteiger partial charge in [-0.05, 0) is 55.8 Å². The van der Waals surface area contributed by atoms with Crippen molar-refractivity contribution in [1.29, 1.82) is 0 Å². The monoisotopic (exact) mass is 437 g/mol. The van der Waals surface area contributed by atoms with Crippen LogP contribution in [-0.2, 0) is 12.3 Å². The van der Waals surface area contributed by atoms with Crippen LogP contribution < -0.4 is 9.47 Å². The first-order valence-corrected chi connectivity index (χ1v) is 10.6. The number of aromatic nitrogens is 3. The standard InChI is InChI=1S/C20H21Cl2N3O2S/c1-4-25-19(13(2)27-16-8-6-15(26-3)7-9-16)23-24-20(25)28-12-14-5-10-17(21)18(22)11-14/h5-11,13H,4,12H2,1-3H3. The van der Waals surface area contributed by atoms with Crippen LogP contribution in [0.1, 0.15) is 31.3 Å². The Bertz CT molecular complexity index is 932. The summed E-state index contributed by atoms with van der Waals surface area (Å²) < 4.78 is 13.3. The fourth-order valence-electron chi connectivity index (χ4n) is 2.69. The summed E-state index contributed by atoms with van der Waals surface area (Å²) in [6, 6.07) is 13.1. The first kappa shape index (κ1) is 20.8. The molecule has 2 aromatic carbocycles. The van der Waals surface area contributed by atoms with Crippen molar-refractivity contribution in [2.75, 3.05) is 7.11 Å². The highest BCUT2D eigenvalue weighted by atomic mass is 35.5. The first-order valence-electron chi connectivity index (χ1n) is 8.82. The SMILES string of the molecule is CCn1c(SCc2ccc(Cl)c(Cl)c2)nnc1C(C)Oc1ccc(OC)cc1. The fraction of sp³-hybridized carbons (Fsp3) is 0.300. The summed E-state index contributed by atoms with van der Waals surface area (Å²) in [7, 11) is 1.64. The Morgan fingerprint density at radius 2 is 1.75 bits per heavy atom. The number of hydrogen-bond acceptors (Lipinski definition) is 5. The van der Waals surface area contributed by atoms with E-state index in [0.717, 1.165) is 40.3 Å². The van der Waals surface area contributed by atoms with E-state index in [9.17, 15) is 0 Å². The molecule has 148 valence electrons. The zero-order chi connectivity index (χ0) is 20.1. The summed E-state index contributed by atoms with van der Waals surface area (Å²) in [5.74, 6) is 3.06. The number of halogens is 2. The third-order valence-electron chi connectivity index (χ3n) is 4.15. The van der Waals surface area contributed by atoms with Gasteiger partial charge in [0, 0.05) is 12.3 Å². The van der Waals surface area contributed by atoms with Crippen molar-refractivity contribution in [2.45, 2.75) is 37.4 Å². The van der Waals surface area contributed by atoms with Crippen LogP contribution in [0.4, 0.5) is 0 Å². The van der Waals surface area contributed by atoms with Crippen molar-refractivity contribution in [3.8, 4) is 11.5 Å². The number of methoxy groups -OCH3 is 1. The van der Waals surface area contributed by atoms with Crippen LogP contribution in [0, 0.1) is 0 Å². The molecule has 3 aromatic rings. The number of thioether (sulfide) groups is 1. The fourth-order valence-corrected chi connectivity index (χ4v) is 3.97. The van der Waals surface area contributed by atoms with E-state index in [-0.39, 0.29) is 6.10 Å². The summed E-state index contributed by atoms with van der Waals surface area (Å²) in [5, 5.41) is 10.7. The Balaban J connectivity index is 1.70. The van der Waals surface area contributed by atoms with Gasteiger partial charge in [-0.3, -0.25) is 0 Å². The maximum atomic E-state index is 6.10. The van der Waals surface area contributed by atoms with E-state index >= 15 is 0 Å². The van der Waals surface area contributed by atoms with Crippen molar-refractivity contribution in [1.82, 2.24) is 14.8 Å². The van der Waals surface area contributed by atoms with Crippen LogP contribution in [0.3, 0.4) is 0 Å². The maximum Gasteiger partial charge on any atom is 0.191 e. The molecule has 0 bridgehead atoms. The van der Waals surface area contributed by atoms with Crippen molar-refractivity contribution in [3.63, 3.8) is 0 Å². The van der Waals surface area contributed by atoms with E-state index in [1.807, 2.05) is 43.3 Å². The van der Waals surface area contributed by atoms with Gasteiger partial charge < -0.3 is 14.0 Å². The summed E-state index contributed by atoms with van der Waals surface area (Å²) >= 11 is 13.7. The van der Waals surface area contributed by atoms with Crippen LogP contribution >= 0.6 is 35.0 Å². The summed E-state index contributed by atoms with van der Waals surface area (Å²) in [5.41, 5.74) is 1.08. The first-order chi connectivity index (χ1) is 13.5. The molecular formula is C20H21Cl2N3O2S. The Kier molecular flexibility index (Phi) is 7.10. The van der Waals surface area contributed by atoms with E-state index in [2.05, 4.69) is 21.7 Å². The molecular weight excluding hydrogens is 417 g/mol. The largest absolute Gasteiger partial charge is 0.497 e. The van der Waals surface area contributed by atoms with Gasteiger partial charge in [0.05, 0.1) is 17.2 Å². The highest BCUT2D eigenvalue weighted by Gasteiger charge is 2.19. The van der Waals surface area contributed by atoms with Crippen LogP contribution in [-0.4, -0.2) is 21.9 Å². The molecule has 0 N–H and O–H groups in total. The molecule has 3 rings (SSSR count). The molecule has 0 spiro atoms. The number of rotatable bonds is 8. The van der Waals surface area contributed by atoms with E-state index in [1.54, 1.807) is 24.9 Å². The van der Waals surface area contributed by atoms with Crippen molar-refractivity contribution in [3.05, 3.63) is 63.9 Å². The zero-order valence-corrected chi connectivity index (χ0v) is 18.2. The molecule has 8 heteroatoms. The lowest BCUT2D eigenvalue weighted by Crippen LogP contribution is -2.12. The molecule has 0 radical (unpaired) electrons. The number of nitrogens with zero attached hydrogens (tertiary/aromatic N) is 3. The topological polar surface area (TPSA) is 49.2 Å². The Hall–Kier alpha value is -1.89. The van der Waals surface area contributed by atoms with Crippen molar-refractivity contribution < 1.29 is 9.47 Å². The minimum atomic E-state index is -0.236.